The van der Waals surface area contributed by atoms with Crippen LogP contribution in [0.5, 0.6) is 0 Å². The first-order valence-electron chi connectivity index (χ1n) is 9.39. The van der Waals surface area contributed by atoms with Gasteiger partial charge >= 0.3 is 0 Å². The SMILES string of the molecule is [N-]=[N+]=Nc1ccc(C(=O)NCCN2C(=O)c3cc(S)cc4c(N)c(S)cc(c34)C2=O)cc1. The molecule has 0 saturated heterocycles. The second-order valence-corrected chi connectivity index (χ2v) is 8.03. The normalized spacial score (nSPS) is 12.6. The van der Waals surface area contributed by atoms with Gasteiger partial charge in [-0.1, -0.05) is 17.2 Å². The minimum absolute atomic E-state index is 0.0236. The second kappa shape index (κ2) is 8.46. The molecule has 0 radical (unpaired) electrons. The van der Waals surface area contributed by atoms with Gasteiger partial charge < -0.3 is 11.1 Å². The number of hydrogen-bond donors (Lipinski definition) is 4. The molecule has 0 saturated carbocycles. The molecule has 0 bridgehead atoms. The van der Waals surface area contributed by atoms with Gasteiger partial charge in [-0.05, 0) is 35.9 Å². The molecule has 9 nitrogen and oxygen atoms in total. The van der Waals surface area contributed by atoms with Crippen molar-refractivity contribution in [1.82, 2.24) is 10.2 Å². The molecule has 32 heavy (non-hydrogen) atoms. The molecule has 1 aliphatic rings. The zero-order chi connectivity index (χ0) is 23.0. The van der Waals surface area contributed by atoms with Crippen LogP contribution in [0.2, 0.25) is 0 Å². The molecule has 11 heteroatoms. The minimum atomic E-state index is -0.484. The number of nitrogen functional groups attached to an aromatic ring is 1. The lowest BCUT2D eigenvalue weighted by molar-refractivity contribution is 0.0607. The summed E-state index contributed by atoms with van der Waals surface area (Å²) in [4.78, 5) is 43.2. The Bertz CT molecular complexity index is 1330. The predicted octanol–water partition coefficient (Wildman–Crippen LogP) is 3.97. The van der Waals surface area contributed by atoms with Crippen molar-refractivity contribution in [3.8, 4) is 0 Å². The zero-order valence-electron chi connectivity index (χ0n) is 16.4. The number of imide groups is 1. The molecule has 1 aliphatic heterocycles. The number of nitrogens with two attached hydrogens (primary N) is 1. The zero-order valence-corrected chi connectivity index (χ0v) is 18.2. The van der Waals surface area contributed by atoms with Crippen molar-refractivity contribution in [2.75, 3.05) is 18.8 Å². The number of thiol groups is 2. The summed E-state index contributed by atoms with van der Waals surface area (Å²) in [7, 11) is 0. The van der Waals surface area contributed by atoms with Crippen LogP contribution in [0, 0.1) is 0 Å². The number of nitrogens with zero attached hydrogens (tertiary/aromatic N) is 4. The Hall–Kier alpha value is -3.66. The maximum Gasteiger partial charge on any atom is 0.261 e. The van der Waals surface area contributed by atoms with Gasteiger partial charge in [-0.3, -0.25) is 19.3 Å². The van der Waals surface area contributed by atoms with Gasteiger partial charge in [-0.15, -0.1) is 25.3 Å². The molecule has 160 valence electrons. The maximum absolute atomic E-state index is 13.1. The van der Waals surface area contributed by atoms with E-state index in [0.29, 0.717) is 48.6 Å². The molecule has 4 rings (SSSR count). The standard InChI is InChI=1S/C21H16N6O3S2/c22-18-13-7-12(31)8-14-17(13)15(9-16(18)32)21(30)27(20(14)29)6-5-24-19(28)10-1-3-11(4-2-10)25-26-23/h1-4,7-9,31-32H,5-6,22H2,(H,24,28). The van der Waals surface area contributed by atoms with E-state index < -0.39 is 11.8 Å². The first-order valence-corrected chi connectivity index (χ1v) is 10.3. The number of hydrogen-bond acceptors (Lipinski definition) is 7. The molecule has 3 amide bonds. The number of anilines is 1. The van der Waals surface area contributed by atoms with E-state index in [2.05, 4.69) is 40.6 Å². The van der Waals surface area contributed by atoms with Crippen molar-refractivity contribution in [2.45, 2.75) is 9.79 Å². The van der Waals surface area contributed by atoms with E-state index in [1.165, 1.54) is 24.3 Å². The lowest BCUT2D eigenvalue weighted by atomic mass is 9.93. The van der Waals surface area contributed by atoms with Crippen molar-refractivity contribution in [3.05, 3.63) is 69.6 Å². The molecule has 0 unspecified atom stereocenters. The quantitative estimate of drug-likeness (QED) is 0.113. The van der Waals surface area contributed by atoms with Crippen LogP contribution in [-0.2, 0) is 0 Å². The number of carbonyl (C=O) groups is 3. The van der Waals surface area contributed by atoms with E-state index in [4.69, 9.17) is 11.3 Å². The average molecular weight is 465 g/mol. The van der Waals surface area contributed by atoms with Gasteiger partial charge in [0.25, 0.3) is 17.7 Å². The van der Waals surface area contributed by atoms with Crippen LogP contribution >= 0.6 is 25.3 Å². The molecular formula is C21H16N6O3S2. The van der Waals surface area contributed by atoms with Crippen molar-refractivity contribution in [3.63, 3.8) is 0 Å². The van der Waals surface area contributed by atoms with Gasteiger partial charge in [0.05, 0.1) is 5.69 Å². The molecule has 3 aromatic rings. The summed E-state index contributed by atoms with van der Waals surface area (Å²) in [5, 5.41) is 7.16. The smallest absolute Gasteiger partial charge is 0.261 e. The van der Waals surface area contributed by atoms with E-state index >= 15 is 0 Å². The average Bonchev–Trinajstić information content (AvgIpc) is 2.77. The van der Waals surface area contributed by atoms with E-state index in [1.54, 1.807) is 18.2 Å². The molecule has 0 aromatic heterocycles. The fraction of sp³-hybridized carbons (Fsp3) is 0.0952. The van der Waals surface area contributed by atoms with Crippen molar-refractivity contribution < 1.29 is 14.4 Å². The van der Waals surface area contributed by atoms with Crippen LogP contribution in [0.15, 0.2) is 57.4 Å². The minimum Gasteiger partial charge on any atom is -0.397 e. The van der Waals surface area contributed by atoms with E-state index in [0.717, 1.165) is 4.90 Å². The van der Waals surface area contributed by atoms with Crippen molar-refractivity contribution in [2.24, 2.45) is 5.11 Å². The van der Waals surface area contributed by atoms with Crippen molar-refractivity contribution in [1.29, 1.82) is 0 Å². The van der Waals surface area contributed by atoms with Crippen LogP contribution < -0.4 is 11.1 Å². The van der Waals surface area contributed by atoms with Crippen LogP contribution in [-0.4, -0.2) is 35.7 Å². The lowest BCUT2D eigenvalue weighted by Gasteiger charge is -2.28. The van der Waals surface area contributed by atoms with Gasteiger partial charge in [0.2, 0.25) is 0 Å². The fourth-order valence-electron chi connectivity index (χ4n) is 3.59. The van der Waals surface area contributed by atoms with Gasteiger partial charge in [0.1, 0.15) is 0 Å². The number of carbonyl (C=O) groups excluding carboxylic acids is 3. The highest BCUT2D eigenvalue weighted by Crippen LogP contribution is 2.38. The Morgan fingerprint density at radius 1 is 1.09 bits per heavy atom. The summed E-state index contributed by atoms with van der Waals surface area (Å²) in [5.41, 5.74) is 16.3. The van der Waals surface area contributed by atoms with Gasteiger partial charge in [-0.25, -0.2) is 0 Å². The van der Waals surface area contributed by atoms with Gasteiger partial charge in [-0.2, -0.15) is 0 Å². The Morgan fingerprint density at radius 2 is 1.75 bits per heavy atom. The Morgan fingerprint density at radius 3 is 2.41 bits per heavy atom. The van der Waals surface area contributed by atoms with Crippen LogP contribution in [0.25, 0.3) is 21.2 Å². The molecule has 0 aliphatic carbocycles. The summed E-state index contributed by atoms with van der Waals surface area (Å²) >= 11 is 8.71. The molecular weight excluding hydrogens is 448 g/mol. The first-order chi connectivity index (χ1) is 15.3. The third-order valence-electron chi connectivity index (χ3n) is 5.10. The van der Waals surface area contributed by atoms with Crippen LogP contribution in [0.1, 0.15) is 31.1 Å². The molecule has 3 N–H and O–H groups in total. The number of rotatable bonds is 5. The van der Waals surface area contributed by atoms with Crippen molar-refractivity contribution >= 4 is 65.1 Å². The predicted molar refractivity (Wildman–Crippen MR) is 126 cm³/mol. The molecule has 0 fully saturated rings. The van der Waals surface area contributed by atoms with Gasteiger partial charge in [0.15, 0.2) is 0 Å². The second-order valence-electron chi connectivity index (χ2n) is 7.03. The van der Waals surface area contributed by atoms with Gasteiger partial charge in [0, 0.05) is 60.9 Å². The summed E-state index contributed by atoms with van der Waals surface area (Å²) in [6, 6.07) is 10.9. The van der Waals surface area contributed by atoms with Crippen LogP contribution in [0.4, 0.5) is 11.4 Å². The third kappa shape index (κ3) is 3.73. The summed E-state index contributed by atoms with van der Waals surface area (Å²) in [6.45, 7) is 0.0282. The van der Waals surface area contributed by atoms with E-state index in [-0.39, 0.29) is 19.0 Å². The maximum atomic E-state index is 13.1. The highest BCUT2D eigenvalue weighted by atomic mass is 32.1. The topological polar surface area (TPSA) is 141 Å². The molecule has 1 heterocycles. The number of nitrogens with one attached hydrogen (secondary N) is 1. The number of amides is 3. The molecule has 0 spiro atoms. The summed E-state index contributed by atoms with van der Waals surface area (Å²) in [5.74, 6) is -1.36. The highest BCUT2D eigenvalue weighted by molar-refractivity contribution is 7.80. The molecule has 3 aromatic carbocycles. The summed E-state index contributed by atoms with van der Waals surface area (Å²) in [6.07, 6.45) is 0. The molecule has 0 atom stereocenters. The largest absolute Gasteiger partial charge is 0.397 e. The summed E-state index contributed by atoms with van der Waals surface area (Å²) < 4.78 is 0. The van der Waals surface area contributed by atoms with Crippen LogP contribution in [0.3, 0.4) is 0 Å². The Labute approximate surface area is 193 Å². The fourth-order valence-corrected chi connectivity index (χ4v) is 4.10. The lowest BCUT2D eigenvalue weighted by Crippen LogP contribution is -2.44. The van der Waals surface area contributed by atoms with E-state index in [1.807, 2.05) is 0 Å². The number of benzene rings is 3. The third-order valence-corrected chi connectivity index (χ3v) is 5.73. The number of azide groups is 1. The highest BCUT2D eigenvalue weighted by Gasteiger charge is 2.34. The Kier molecular flexibility index (Phi) is 5.70. The monoisotopic (exact) mass is 464 g/mol. The first kappa shape index (κ1) is 21.6. The van der Waals surface area contributed by atoms with E-state index in [9.17, 15) is 14.4 Å². The Balaban J connectivity index is 1.54.